The van der Waals surface area contributed by atoms with Crippen molar-refractivity contribution in [1.29, 1.82) is 0 Å². The molecule has 0 radical (unpaired) electrons. The molecule has 4 rings (SSSR count). The molecule has 176 valence electrons. The van der Waals surface area contributed by atoms with E-state index in [1.165, 1.54) is 33.5 Å². The van der Waals surface area contributed by atoms with E-state index in [2.05, 4.69) is 0 Å². The lowest BCUT2D eigenvalue weighted by Gasteiger charge is -2.26. The molecule has 1 unspecified atom stereocenters. The lowest BCUT2D eigenvalue weighted by Crippen LogP contribution is -2.38. The predicted octanol–water partition coefficient (Wildman–Crippen LogP) is 4.05. The minimum absolute atomic E-state index is 0.0403. The Kier molecular flexibility index (Phi) is 6.65. The van der Waals surface area contributed by atoms with Gasteiger partial charge in [0, 0.05) is 41.7 Å². The maximum atomic E-state index is 14.4. The number of hydrogen-bond donors (Lipinski definition) is 0. The van der Waals surface area contributed by atoms with Crippen molar-refractivity contribution in [3.8, 4) is 17.2 Å². The zero-order valence-electron chi connectivity index (χ0n) is 18.8. The fourth-order valence-electron chi connectivity index (χ4n) is 4.21. The van der Waals surface area contributed by atoms with Crippen LogP contribution in [0.1, 0.15) is 24.8 Å². The number of amides is 2. The van der Waals surface area contributed by atoms with Crippen LogP contribution < -0.4 is 19.1 Å². The highest BCUT2D eigenvalue weighted by atomic mass is 35.5. The minimum atomic E-state index is -0.539. The summed E-state index contributed by atoms with van der Waals surface area (Å²) in [6.45, 7) is 0.300. The molecule has 1 atom stereocenters. The maximum absolute atomic E-state index is 14.4. The first-order chi connectivity index (χ1) is 15.9. The molecule has 0 bridgehead atoms. The van der Waals surface area contributed by atoms with Crippen molar-refractivity contribution in [2.75, 3.05) is 32.8 Å². The van der Waals surface area contributed by atoms with E-state index in [0.29, 0.717) is 28.5 Å². The molecule has 7 nitrogen and oxygen atoms in total. The molecule has 2 fully saturated rings. The Morgan fingerprint density at radius 2 is 1.82 bits per heavy atom. The number of anilines is 1. The zero-order chi connectivity index (χ0) is 23.7. The Morgan fingerprint density at radius 1 is 1.15 bits per heavy atom. The van der Waals surface area contributed by atoms with Crippen LogP contribution in [-0.2, 0) is 16.1 Å². The Labute approximate surface area is 197 Å². The van der Waals surface area contributed by atoms with Gasteiger partial charge in [0.15, 0.2) is 11.5 Å². The van der Waals surface area contributed by atoms with Crippen molar-refractivity contribution in [1.82, 2.24) is 4.90 Å². The van der Waals surface area contributed by atoms with Crippen LogP contribution in [0.5, 0.6) is 17.2 Å². The van der Waals surface area contributed by atoms with Crippen LogP contribution in [0.3, 0.4) is 0 Å². The summed E-state index contributed by atoms with van der Waals surface area (Å²) in [7, 11) is 4.51. The van der Waals surface area contributed by atoms with Crippen LogP contribution in [0.15, 0.2) is 30.3 Å². The molecule has 1 aliphatic heterocycles. The van der Waals surface area contributed by atoms with E-state index >= 15 is 0 Å². The molecule has 2 aliphatic rings. The third kappa shape index (κ3) is 4.57. The highest BCUT2D eigenvalue weighted by molar-refractivity contribution is 6.31. The third-order valence-electron chi connectivity index (χ3n) is 6.10. The summed E-state index contributed by atoms with van der Waals surface area (Å²) in [5, 5.41) is 0.287. The monoisotopic (exact) mass is 476 g/mol. The molecule has 2 amide bonds. The molecule has 0 aromatic heterocycles. The van der Waals surface area contributed by atoms with Gasteiger partial charge in [-0.25, -0.2) is 4.39 Å². The van der Waals surface area contributed by atoms with Gasteiger partial charge < -0.3 is 24.0 Å². The van der Waals surface area contributed by atoms with Crippen LogP contribution in [-0.4, -0.2) is 50.6 Å². The van der Waals surface area contributed by atoms with E-state index in [1.807, 2.05) is 0 Å². The fourth-order valence-corrected chi connectivity index (χ4v) is 4.43. The second kappa shape index (κ2) is 9.47. The summed E-state index contributed by atoms with van der Waals surface area (Å²) >= 11 is 6.20. The van der Waals surface area contributed by atoms with Gasteiger partial charge in [-0.2, -0.15) is 0 Å². The van der Waals surface area contributed by atoms with E-state index in [4.69, 9.17) is 25.8 Å². The van der Waals surface area contributed by atoms with Gasteiger partial charge in [0.05, 0.1) is 39.5 Å². The molecule has 1 saturated carbocycles. The molecular formula is C24H26ClFN2O5. The summed E-state index contributed by atoms with van der Waals surface area (Å²) in [5.74, 6) is -0.0659. The average Bonchev–Trinajstić information content (AvgIpc) is 3.58. The molecule has 2 aromatic rings. The predicted molar refractivity (Wildman–Crippen MR) is 122 cm³/mol. The number of methoxy groups -OCH3 is 3. The third-order valence-corrected chi connectivity index (χ3v) is 6.45. The molecule has 9 heteroatoms. The van der Waals surface area contributed by atoms with Crippen LogP contribution in [0, 0.1) is 11.7 Å². The van der Waals surface area contributed by atoms with Crippen LogP contribution in [0.2, 0.25) is 5.02 Å². The maximum Gasteiger partial charge on any atom is 0.228 e. The summed E-state index contributed by atoms with van der Waals surface area (Å²) in [6, 6.07) is 7.89. The first kappa shape index (κ1) is 23.2. The van der Waals surface area contributed by atoms with Crippen molar-refractivity contribution >= 4 is 29.1 Å². The second-order valence-corrected chi connectivity index (χ2v) is 8.59. The Balaban J connectivity index is 1.56. The quantitative estimate of drug-likeness (QED) is 0.575. The van der Waals surface area contributed by atoms with E-state index in [-0.39, 0.29) is 42.4 Å². The number of rotatable bonds is 8. The molecule has 0 spiro atoms. The zero-order valence-corrected chi connectivity index (χ0v) is 19.5. The van der Waals surface area contributed by atoms with Gasteiger partial charge in [-0.1, -0.05) is 17.7 Å². The van der Waals surface area contributed by atoms with Crippen molar-refractivity contribution in [2.45, 2.75) is 31.8 Å². The van der Waals surface area contributed by atoms with Gasteiger partial charge >= 0.3 is 0 Å². The summed E-state index contributed by atoms with van der Waals surface area (Å²) in [5.41, 5.74) is 0.852. The van der Waals surface area contributed by atoms with Crippen molar-refractivity contribution < 1.29 is 28.2 Å². The summed E-state index contributed by atoms with van der Waals surface area (Å²) in [6.07, 6.45) is 1.79. The van der Waals surface area contributed by atoms with Crippen molar-refractivity contribution in [3.63, 3.8) is 0 Å². The molecule has 33 heavy (non-hydrogen) atoms. The van der Waals surface area contributed by atoms with Gasteiger partial charge in [0.1, 0.15) is 5.82 Å². The van der Waals surface area contributed by atoms with E-state index in [1.54, 1.807) is 28.0 Å². The molecule has 1 saturated heterocycles. The first-order valence-corrected chi connectivity index (χ1v) is 11.1. The number of carbonyl (C=O) groups excluding carboxylic acids is 2. The molecule has 0 N–H and O–H groups in total. The van der Waals surface area contributed by atoms with Gasteiger partial charge in [0.25, 0.3) is 0 Å². The minimum Gasteiger partial charge on any atom is -0.493 e. The molecular weight excluding hydrogens is 451 g/mol. The standard InChI is InChI=1S/C24H26ClFN2O5/c1-31-20-10-16(11-21(32-2)23(20)33-3)27-12-14(9-22(27)29)24(30)28(15-7-8-15)13-17-18(25)5-4-6-19(17)26/h4-6,10-11,14-15H,7-9,12-13H2,1-3H3. The first-order valence-electron chi connectivity index (χ1n) is 10.7. The van der Waals surface area contributed by atoms with Gasteiger partial charge in [0.2, 0.25) is 17.6 Å². The van der Waals surface area contributed by atoms with Crippen LogP contribution in [0.4, 0.5) is 10.1 Å². The van der Waals surface area contributed by atoms with E-state index in [9.17, 15) is 14.0 Å². The molecule has 1 heterocycles. The Hall–Kier alpha value is -3.00. The number of nitrogens with zero attached hydrogens (tertiary/aromatic N) is 2. The second-order valence-electron chi connectivity index (χ2n) is 8.19. The molecule has 1 aliphatic carbocycles. The van der Waals surface area contributed by atoms with E-state index < -0.39 is 11.7 Å². The Bertz CT molecular complexity index is 1030. The fraction of sp³-hybridized carbons (Fsp3) is 0.417. The van der Waals surface area contributed by atoms with Crippen LogP contribution >= 0.6 is 11.6 Å². The highest BCUT2D eigenvalue weighted by Crippen LogP contribution is 2.42. The topological polar surface area (TPSA) is 68.3 Å². The van der Waals surface area contributed by atoms with Crippen molar-refractivity contribution in [3.05, 3.63) is 46.7 Å². The van der Waals surface area contributed by atoms with E-state index in [0.717, 1.165) is 12.8 Å². The van der Waals surface area contributed by atoms with Gasteiger partial charge in [-0.3, -0.25) is 9.59 Å². The number of carbonyl (C=O) groups is 2. The SMILES string of the molecule is COc1cc(N2CC(C(=O)N(Cc3c(F)cccc3Cl)C3CC3)CC2=O)cc(OC)c1OC. The lowest BCUT2D eigenvalue weighted by atomic mass is 10.1. The summed E-state index contributed by atoms with van der Waals surface area (Å²) in [4.78, 5) is 29.5. The largest absolute Gasteiger partial charge is 0.493 e. The molecule has 2 aromatic carbocycles. The van der Waals surface area contributed by atoms with Crippen LogP contribution in [0.25, 0.3) is 0 Å². The number of benzene rings is 2. The average molecular weight is 477 g/mol. The van der Waals surface area contributed by atoms with Gasteiger partial charge in [-0.05, 0) is 25.0 Å². The number of ether oxygens (including phenoxy) is 3. The number of halogens is 2. The summed E-state index contributed by atoms with van der Waals surface area (Å²) < 4.78 is 30.5. The highest BCUT2D eigenvalue weighted by Gasteiger charge is 2.42. The number of hydrogen-bond acceptors (Lipinski definition) is 5. The Morgan fingerprint density at radius 3 is 2.36 bits per heavy atom. The smallest absolute Gasteiger partial charge is 0.228 e. The lowest BCUT2D eigenvalue weighted by molar-refractivity contribution is -0.137. The normalized spacial score (nSPS) is 17.8. The van der Waals surface area contributed by atoms with Gasteiger partial charge in [-0.15, -0.1) is 0 Å². The van der Waals surface area contributed by atoms with Crippen molar-refractivity contribution in [2.24, 2.45) is 5.92 Å².